The molecular formula is C19H15Cl3N4OS. The van der Waals surface area contributed by atoms with Crippen LogP contribution in [0.4, 0.5) is 5.69 Å². The van der Waals surface area contributed by atoms with Crippen molar-refractivity contribution in [2.75, 3.05) is 11.1 Å². The number of hydrogen-bond acceptors (Lipinski definition) is 4. The average molecular weight is 454 g/mol. The van der Waals surface area contributed by atoms with E-state index >= 15 is 0 Å². The van der Waals surface area contributed by atoms with Crippen LogP contribution in [-0.4, -0.2) is 26.4 Å². The summed E-state index contributed by atoms with van der Waals surface area (Å²) in [4.78, 5) is 12.4. The SMILES string of the molecule is O=C(CSc1nnc(C2CC2)n1-c1ccccc1)Nc1cc(Cl)c(Cl)cc1Cl. The molecule has 1 heterocycles. The molecule has 1 N–H and O–H groups in total. The molecule has 1 fully saturated rings. The van der Waals surface area contributed by atoms with E-state index in [0.717, 1.165) is 24.4 Å². The van der Waals surface area contributed by atoms with Crippen molar-refractivity contribution >= 4 is 58.2 Å². The predicted octanol–water partition coefficient (Wildman–Crippen LogP) is 5.84. The number of benzene rings is 2. The summed E-state index contributed by atoms with van der Waals surface area (Å²) >= 11 is 19.4. The highest BCUT2D eigenvalue weighted by molar-refractivity contribution is 7.99. The molecule has 1 amide bonds. The Morgan fingerprint density at radius 2 is 1.79 bits per heavy atom. The largest absolute Gasteiger partial charge is 0.324 e. The summed E-state index contributed by atoms with van der Waals surface area (Å²) in [6.45, 7) is 0. The lowest BCUT2D eigenvalue weighted by atomic mass is 10.3. The fourth-order valence-corrected chi connectivity index (χ4v) is 4.09. The predicted molar refractivity (Wildman–Crippen MR) is 114 cm³/mol. The minimum absolute atomic E-state index is 0.159. The fourth-order valence-electron chi connectivity index (χ4n) is 2.74. The molecule has 1 saturated carbocycles. The van der Waals surface area contributed by atoms with Gasteiger partial charge in [0.25, 0.3) is 0 Å². The third-order valence-corrected chi connectivity index (χ3v) is 6.20. The first-order valence-corrected chi connectivity index (χ1v) is 10.7. The van der Waals surface area contributed by atoms with Crippen molar-refractivity contribution < 1.29 is 4.79 Å². The molecule has 4 rings (SSSR count). The highest BCUT2D eigenvalue weighted by Gasteiger charge is 2.31. The summed E-state index contributed by atoms with van der Waals surface area (Å²) in [5.41, 5.74) is 1.41. The van der Waals surface area contributed by atoms with E-state index in [9.17, 15) is 4.79 Å². The van der Waals surface area contributed by atoms with Crippen molar-refractivity contribution in [3.8, 4) is 5.69 Å². The first-order valence-electron chi connectivity index (χ1n) is 8.61. The summed E-state index contributed by atoms with van der Waals surface area (Å²) in [6, 6.07) is 13.0. The van der Waals surface area contributed by atoms with Crippen molar-refractivity contribution in [1.82, 2.24) is 14.8 Å². The first kappa shape index (κ1) is 19.6. The van der Waals surface area contributed by atoms with Gasteiger partial charge in [-0.25, -0.2) is 0 Å². The van der Waals surface area contributed by atoms with Crippen LogP contribution in [0.5, 0.6) is 0 Å². The minimum atomic E-state index is -0.221. The number of rotatable bonds is 6. The second kappa shape index (κ2) is 8.33. The Kier molecular flexibility index (Phi) is 5.83. The number of nitrogens with one attached hydrogen (secondary N) is 1. The highest BCUT2D eigenvalue weighted by Crippen LogP contribution is 2.41. The maximum Gasteiger partial charge on any atom is 0.234 e. The van der Waals surface area contributed by atoms with Gasteiger partial charge in [0, 0.05) is 11.6 Å². The van der Waals surface area contributed by atoms with Gasteiger partial charge < -0.3 is 5.32 Å². The van der Waals surface area contributed by atoms with Gasteiger partial charge in [-0.3, -0.25) is 9.36 Å². The Morgan fingerprint density at radius 1 is 1.07 bits per heavy atom. The smallest absolute Gasteiger partial charge is 0.234 e. The van der Waals surface area contributed by atoms with Crippen LogP contribution < -0.4 is 5.32 Å². The van der Waals surface area contributed by atoms with E-state index in [1.165, 1.54) is 23.9 Å². The maximum atomic E-state index is 12.4. The Labute approximate surface area is 181 Å². The van der Waals surface area contributed by atoms with Gasteiger partial charge in [-0.15, -0.1) is 10.2 Å². The second-order valence-corrected chi connectivity index (χ2v) is 8.53. The molecule has 1 aromatic heterocycles. The number of halogens is 3. The molecule has 3 aromatic rings. The summed E-state index contributed by atoms with van der Waals surface area (Å²) in [6.07, 6.45) is 2.23. The van der Waals surface area contributed by atoms with Crippen LogP contribution in [0.25, 0.3) is 5.69 Å². The van der Waals surface area contributed by atoms with E-state index in [0.29, 0.717) is 31.8 Å². The third kappa shape index (κ3) is 4.30. The number of aromatic nitrogens is 3. The van der Waals surface area contributed by atoms with Crippen molar-refractivity contribution in [3.63, 3.8) is 0 Å². The third-order valence-electron chi connectivity index (χ3n) is 4.23. The van der Waals surface area contributed by atoms with Gasteiger partial charge >= 0.3 is 0 Å². The summed E-state index contributed by atoms with van der Waals surface area (Å²) in [7, 11) is 0. The summed E-state index contributed by atoms with van der Waals surface area (Å²) in [5.74, 6) is 1.32. The molecule has 28 heavy (non-hydrogen) atoms. The maximum absolute atomic E-state index is 12.4. The van der Waals surface area contributed by atoms with E-state index in [2.05, 4.69) is 15.5 Å². The molecule has 5 nitrogen and oxygen atoms in total. The summed E-state index contributed by atoms with van der Waals surface area (Å²) in [5, 5.41) is 13.1. The van der Waals surface area contributed by atoms with E-state index in [-0.39, 0.29) is 11.7 Å². The zero-order valence-corrected chi connectivity index (χ0v) is 17.6. The van der Waals surface area contributed by atoms with Crippen LogP contribution in [0.3, 0.4) is 0 Å². The number of carbonyl (C=O) groups excluding carboxylic acids is 1. The second-order valence-electron chi connectivity index (χ2n) is 6.37. The van der Waals surface area contributed by atoms with Gasteiger partial charge in [-0.05, 0) is 37.1 Å². The Morgan fingerprint density at radius 3 is 2.50 bits per heavy atom. The van der Waals surface area contributed by atoms with E-state index in [1.54, 1.807) is 0 Å². The van der Waals surface area contributed by atoms with Gasteiger partial charge in [0.1, 0.15) is 5.82 Å². The molecule has 0 unspecified atom stereocenters. The molecule has 0 aliphatic heterocycles. The van der Waals surface area contributed by atoms with Crippen LogP contribution in [-0.2, 0) is 4.79 Å². The van der Waals surface area contributed by atoms with Crippen LogP contribution in [0.1, 0.15) is 24.6 Å². The minimum Gasteiger partial charge on any atom is -0.324 e. The molecule has 2 aromatic carbocycles. The Bertz CT molecular complexity index is 1020. The van der Waals surface area contributed by atoms with Crippen LogP contribution in [0.15, 0.2) is 47.6 Å². The van der Waals surface area contributed by atoms with Gasteiger partial charge in [-0.1, -0.05) is 64.8 Å². The normalized spacial score (nSPS) is 13.5. The number of hydrogen-bond donors (Lipinski definition) is 1. The van der Waals surface area contributed by atoms with Crippen molar-refractivity contribution in [2.45, 2.75) is 23.9 Å². The highest BCUT2D eigenvalue weighted by atomic mass is 35.5. The lowest BCUT2D eigenvalue weighted by molar-refractivity contribution is -0.113. The number of amides is 1. The molecule has 0 atom stereocenters. The standard InChI is InChI=1S/C19H15Cl3N4OS/c20-13-8-15(22)16(9-14(13)21)23-17(27)10-28-19-25-24-18(11-6-7-11)26(19)12-4-2-1-3-5-12/h1-5,8-9,11H,6-7,10H2,(H,23,27). The monoisotopic (exact) mass is 452 g/mol. The molecule has 144 valence electrons. The number of para-hydroxylation sites is 1. The van der Waals surface area contributed by atoms with Gasteiger partial charge in [0.05, 0.1) is 26.5 Å². The number of thioether (sulfide) groups is 1. The number of anilines is 1. The quantitative estimate of drug-likeness (QED) is 0.376. The molecule has 0 saturated heterocycles. The lowest BCUT2D eigenvalue weighted by Crippen LogP contribution is -2.15. The first-order chi connectivity index (χ1) is 13.5. The molecule has 9 heteroatoms. The van der Waals surface area contributed by atoms with E-state index in [4.69, 9.17) is 34.8 Å². The topological polar surface area (TPSA) is 59.8 Å². The molecule has 1 aliphatic rings. The average Bonchev–Trinajstić information content (AvgIpc) is 3.44. The van der Waals surface area contributed by atoms with Crippen LogP contribution in [0.2, 0.25) is 15.1 Å². The fraction of sp³-hybridized carbons (Fsp3) is 0.211. The Balaban J connectivity index is 1.50. The van der Waals surface area contributed by atoms with Crippen molar-refractivity contribution in [2.24, 2.45) is 0 Å². The lowest BCUT2D eigenvalue weighted by Gasteiger charge is -2.10. The van der Waals surface area contributed by atoms with Crippen molar-refractivity contribution in [3.05, 3.63) is 63.4 Å². The van der Waals surface area contributed by atoms with Gasteiger partial charge in [0.2, 0.25) is 5.91 Å². The molecule has 1 aliphatic carbocycles. The van der Waals surface area contributed by atoms with Crippen LogP contribution >= 0.6 is 46.6 Å². The molecule has 0 radical (unpaired) electrons. The molecule has 0 spiro atoms. The van der Waals surface area contributed by atoms with Gasteiger partial charge in [0.15, 0.2) is 5.16 Å². The van der Waals surface area contributed by atoms with E-state index in [1.807, 2.05) is 34.9 Å². The molecule has 0 bridgehead atoms. The summed E-state index contributed by atoms with van der Waals surface area (Å²) < 4.78 is 2.03. The number of carbonyl (C=O) groups is 1. The zero-order chi connectivity index (χ0) is 19.7. The Hall–Kier alpha value is -1.73. The van der Waals surface area contributed by atoms with Crippen LogP contribution in [0, 0.1) is 0 Å². The number of nitrogens with zero attached hydrogens (tertiary/aromatic N) is 3. The van der Waals surface area contributed by atoms with E-state index < -0.39 is 0 Å². The molecular weight excluding hydrogens is 439 g/mol. The van der Waals surface area contributed by atoms with Crippen molar-refractivity contribution in [1.29, 1.82) is 0 Å². The zero-order valence-electron chi connectivity index (χ0n) is 14.5. The van der Waals surface area contributed by atoms with Gasteiger partial charge in [-0.2, -0.15) is 0 Å².